The smallest absolute Gasteiger partial charge is 0.422 e. The van der Waals surface area contributed by atoms with Gasteiger partial charge in [0.2, 0.25) is 6.54 Å². The van der Waals surface area contributed by atoms with Gasteiger partial charge in [-0.15, -0.1) is 8.73 Å². The molecular weight excluding hydrogens is 399 g/mol. The van der Waals surface area contributed by atoms with Crippen LogP contribution in [-0.4, -0.2) is 87.5 Å². The first kappa shape index (κ1) is 17.0. The predicted molar refractivity (Wildman–Crippen MR) is 99.1 cm³/mol. The lowest BCUT2D eigenvalue weighted by atomic mass is 10.2. The van der Waals surface area contributed by atoms with Crippen LogP contribution < -0.4 is 0 Å². The average molecular weight is 430 g/mol. The van der Waals surface area contributed by atoms with Gasteiger partial charge in [-0.1, -0.05) is 0 Å². The second-order valence-corrected chi connectivity index (χ2v) is 9.53. The SMILES string of the molecule is [2H][Si]([B])(OCC1OC([3H])CC1OP(=O)(OCC[N+]#[C-])OC1CC([3H])OC1CO)P[3H]. The van der Waals surface area contributed by atoms with Crippen molar-refractivity contribution in [3.63, 3.8) is 0 Å². The fourth-order valence-corrected chi connectivity index (χ4v) is 4.52. The second-order valence-electron chi connectivity index (χ2n) is 5.46. The van der Waals surface area contributed by atoms with Crippen LogP contribution in [0.2, 0.25) is 0 Å². The molecule has 2 radical (unpaired) electrons. The molecule has 26 heavy (non-hydrogen) atoms. The number of phosphoric acid groups is 1. The van der Waals surface area contributed by atoms with Crippen molar-refractivity contribution < 1.29 is 39.9 Å². The van der Waals surface area contributed by atoms with Crippen molar-refractivity contribution in [2.24, 2.45) is 0 Å². The van der Waals surface area contributed by atoms with E-state index in [2.05, 4.69) is 4.85 Å². The lowest BCUT2D eigenvalue weighted by molar-refractivity contribution is -0.0256. The van der Waals surface area contributed by atoms with Crippen LogP contribution >= 0.6 is 16.6 Å². The summed E-state index contributed by atoms with van der Waals surface area (Å²) >= 11 is 0. The van der Waals surface area contributed by atoms with E-state index < -0.39 is 69.3 Å². The van der Waals surface area contributed by atoms with Gasteiger partial charge in [-0.05, 0) is 0 Å². The first-order valence-corrected chi connectivity index (χ1v) is 12.4. The normalized spacial score (nSPS) is 41.7. The van der Waals surface area contributed by atoms with Crippen LogP contribution in [0.15, 0.2) is 0 Å². The van der Waals surface area contributed by atoms with Crippen molar-refractivity contribution >= 4 is 32.5 Å². The molecule has 9 unspecified atom stereocenters. The molecule has 1 N–H and O–H groups in total. The highest BCUT2D eigenvalue weighted by Crippen LogP contribution is 2.54. The maximum absolute atomic E-state index is 13.3. The number of ether oxygens (including phenoxy) is 2. The van der Waals surface area contributed by atoms with Crippen molar-refractivity contribution in [3.05, 3.63) is 11.4 Å². The van der Waals surface area contributed by atoms with E-state index in [0.29, 0.717) is 0 Å². The second kappa shape index (κ2) is 11.2. The Morgan fingerprint density at radius 3 is 2.73 bits per heavy atom. The highest BCUT2D eigenvalue weighted by atomic mass is 31.3. The number of aliphatic hydroxyl groups excluding tert-OH is 1. The summed E-state index contributed by atoms with van der Waals surface area (Å²) in [5, 5.41) is 9.39. The average Bonchev–Trinajstić information content (AvgIpc) is 3.21. The molecule has 0 saturated carbocycles. The fourth-order valence-electron chi connectivity index (χ4n) is 2.34. The number of phosphoric ester groups is 1. The van der Waals surface area contributed by atoms with E-state index in [1.54, 1.807) is 0 Å². The van der Waals surface area contributed by atoms with Crippen LogP contribution in [0, 0.1) is 6.57 Å². The van der Waals surface area contributed by atoms with Gasteiger partial charge in [0.1, 0.15) is 33.4 Å². The number of hydrogen-bond donors (Lipinski definition) is 1. The topological polar surface area (TPSA) is 97.0 Å². The minimum atomic E-state index is -4.30. The lowest BCUT2D eigenvalue weighted by Gasteiger charge is -2.27. The molecule has 0 aromatic heterocycles. The van der Waals surface area contributed by atoms with Crippen LogP contribution in [0.4, 0.5) is 0 Å². The van der Waals surface area contributed by atoms with E-state index in [0.717, 1.165) is 0 Å². The van der Waals surface area contributed by atoms with Gasteiger partial charge < -0.3 is 23.9 Å². The van der Waals surface area contributed by atoms with Gasteiger partial charge in [-0.3, -0.25) is 13.6 Å². The highest BCUT2D eigenvalue weighted by Gasteiger charge is 2.42. The summed E-state index contributed by atoms with van der Waals surface area (Å²) in [5.74, 6) is 0. The summed E-state index contributed by atoms with van der Waals surface area (Å²) in [7, 11) is -2.74. The van der Waals surface area contributed by atoms with Gasteiger partial charge in [0.05, 0.1) is 30.8 Å². The Bertz CT molecular complexity index is 653. The van der Waals surface area contributed by atoms with Crippen molar-refractivity contribution in [2.45, 2.75) is 37.3 Å². The van der Waals surface area contributed by atoms with E-state index in [-0.39, 0.29) is 32.6 Å². The number of nitrogens with zero attached hydrogens (tertiary/aromatic N) is 1. The predicted octanol–water partition coefficient (Wildman–Crippen LogP) is 0.148. The zero-order chi connectivity index (χ0) is 22.4. The van der Waals surface area contributed by atoms with Crippen LogP contribution in [-0.2, 0) is 32.0 Å². The van der Waals surface area contributed by atoms with Crippen molar-refractivity contribution in [1.82, 2.24) is 0 Å². The molecule has 13 heteroatoms. The first-order valence-electron chi connectivity index (χ1n) is 10.1. The van der Waals surface area contributed by atoms with Crippen molar-refractivity contribution in [3.8, 4) is 0 Å². The molecule has 0 aliphatic carbocycles. The summed E-state index contributed by atoms with van der Waals surface area (Å²) in [6.07, 6.45) is -3.61. The van der Waals surface area contributed by atoms with Gasteiger partial charge in [0.25, 0.3) is 0 Å². The molecule has 0 bridgehead atoms. The number of hydrogen-bond acceptors (Lipinski definition) is 8. The Balaban J connectivity index is 2.09. The minimum Gasteiger partial charge on any atom is -0.422 e. The van der Waals surface area contributed by atoms with Gasteiger partial charge in [0, 0.05) is 27.2 Å². The molecule has 2 rings (SSSR count). The van der Waals surface area contributed by atoms with Crippen LogP contribution in [0.5, 0.6) is 0 Å². The quantitative estimate of drug-likeness (QED) is 0.202. The summed E-state index contributed by atoms with van der Waals surface area (Å²) in [4.78, 5) is 3.11. The van der Waals surface area contributed by atoms with E-state index >= 15 is 0 Å². The minimum absolute atomic E-state index is 0.0134. The molecule has 0 spiro atoms. The van der Waals surface area contributed by atoms with Gasteiger partial charge in [0.15, 0.2) is 0 Å². The highest BCUT2D eigenvalue weighted by molar-refractivity contribution is 7.70. The zero-order valence-electron chi connectivity index (χ0n) is 18.0. The molecule has 0 aromatic carbocycles. The maximum Gasteiger partial charge on any atom is 0.475 e. The Morgan fingerprint density at radius 1 is 1.46 bits per heavy atom. The molecule has 2 saturated heterocycles. The van der Waals surface area contributed by atoms with E-state index in [1.807, 2.05) is 0 Å². The summed E-state index contributed by atoms with van der Waals surface area (Å²) < 4.78 is 75.9. The van der Waals surface area contributed by atoms with E-state index in [4.69, 9.17) is 46.7 Å². The maximum atomic E-state index is 13.3. The summed E-state index contributed by atoms with van der Waals surface area (Å²) in [6.45, 7) is 3.84. The van der Waals surface area contributed by atoms with Gasteiger partial charge >= 0.3 is 7.82 Å². The Labute approximate surface area is 163 Å². The molecule has 2 fully saturated rings. The molecule has 2 aliphatic rings. The molecule has 146 valence electrons. The fraction of sp³-hybridized carbons (Fsp3) is 0.923. The molecule has 0 aromatic rings. The van der Waals surface area contributed by atoms with Gasteiger partial charge in [-0.25, -0.2) is 11.1 Å². The summed E-state index contributed by atoms with van der Waals surface area (Å²) in [5.41, 5.74) is 0. The molecule has 9 atom stereocenters. The first-order chi connectivity index (χ1) is 14.1. The molecule has 9 nitrogen and oxygen atoms in total. The van der Waals surface area contributed by atoms with E-state index in [1.165, 1.54) is 0 Å². The van der Waals surface area contributed by atoms with Crippen LogP contribution in [0.3, 0.4) is 0 Å². The molecule has 2 heterocycles. The summed E-state index contributed by atoms with van der Waals surface area (Å²) in [6, 6.07) is 0. The Hall–Kier alpha value is 0.152. The van der Waals surface area contributed by atoms with Crippen LogP contribution in [0.25, 0.3) is 4.85 Å². The van der Waals surface area contributed by atoms with Crippen LogP contribution in [0.1, 0.15) is 15.6 Å². The standard InChI is InChI=1S/C13H24BNO8P2Si/c1-15-4-7-20-25(17,22-10-2-5-18-12(10)8-16)23-11-3-6-19-13(11)9-21-26(14)24/h10-13,16,26H,2-9,24H2/i5T,6T,24T,26D. The van der Waals surface area contributed by atoms with Crippen molar-refractivity contribution in [2.75, 3.05) is 39.5 Å². The molecular formula is C13H24BNO8P2Si. The largest absolute Gasteiger partial charge is 0.475 e. The molecule has 2 aliphatic heterocycles. The lowest BCUT2D eigenvalue weighted by Crippen LogP contribution is -2.32. The third-order valence-corrected chi connectivity index (χ3v) is 6.06. The Morgan fingerprint density at radius 2 is 2.12 bits per heavy atom. The third-order valence-electron chi connectivity index (χ3n) is 3.59. The molecule has 0 amide bonds. The Kier molecular flexibility index (Phi) is 7.36. The number of rotatable bonds is 12. The van der Waals surface area contributed by atoms with E-state index in [9.17, 15) is 9.67 Å². The monoisotopic (exact) mass is 430 g/mol. The number of aliphatic hydroxyl groups is 1. The van der Waals surface area contributed by atoms with Gasteiger partial charge in [-0.2, -0.15) is 0 Å². The third kappa shape index (κ3) is 6.95. The zero-order valence-corrected chi connectivity index (χ0v) is 16.9. The van der Waals surface area contributed by atoms with Crippen molar-refractivity contribution in [1.29, 1.82) is 2.51 Å².